The number of nitrogens with zero attached hydrogens (tertiary/aromatic N) is 1. The van der Waals surface area contributed by atoms with Gasteiger partial charge in [-0.05, 0) is 18.8 Å². The van der Waals surface area contributed by atoms with Crippen LogP contribution in [0.25, 0.3) is 0 Å². The van der Waals surface area contributed by atoms with E-state index in [9.17, 15) is 9.90 Å². The standard InChI is InChI=1S/C13H23N3O2S/c1-4-5-10-8-19-13(15-10)16-12(18)14-7-11(17)6-9(2)3/h8-9,11,17H,4-7H2,1-3H3,(H2,14,15,16,18). The summed E-state index contributed by atoms with van der Waals surface area (Å²) in [5.41, 5.74) is 1.00. The molecule has 0 spiro atoms. The molecule has 1 aromatic heterocycles. The van der Waals surface area contributed by atoms with Gasteiger partial charge in [0.25, 0.3) is 0 Å². The Kier molecular flexibility index (Phi) is 6.80. The van der Waals surface area contributed by atoms with Crippen molar-refractivity contribution < 1.29 is 9.90 Å². The van der Waals surface area contributed by atoms with Gasteiger partial charge in [-0.25, -0.2) is 9.78 Å². The lowest BCUT2D eigenvalue weighted by Crippen LogP contribution is -2.35. The van der Waals surface area contributed by atoms with Gasteiger partial charge in [0, 0.05) is 11.9 Å². The molecule has 1 aromatic rings. The van der Waals surface area contributed by atoms with Gasteiger partial charge in [0.15, 0.2) is 5.13 Å². The number of urea groups is 1. The van der Waals surface area contributed by atoms with Crippen LogP contribution in [0.2, 0.25) is 0 Å². The Labute approximate surface area is 118 Å². The van der Waals surface area contributed by atoms with Crippen molar-refractivity contribution in [2.75, 3.05) is 11.9 Å². The van der Waals surface area contributed by atoms with Gasteiger partial charge >= 0.3 is 6.03 Å². The molecule has 0 fully saturated rings. The monoisotopic (exact) mass is 285 g/mol. The Morgan fingerprint density at radius 3 is 2.89 bits per heavy atom. The molecule has 0 aliphatic rings. The van der Waals surface area contributed by atoms with Crippen LogP contribution in [0.15, 0.2) is 5.38 Å². The summed E-state index contributed by atoms with van der Waals surface area (Å²) >= 11 is 1.42. The second-order valence-corrected chi connectivity index (χ2v) is 5.87. The van der Waals surface area contributed by atoms with Gasteiger partial charge in [-0.3, -0.25) is 5.32 Å². The van der Waals surface area contributed by atoms with Crippen LogP contribution in [-0.4, -0.2) is 28.8 Å². The summed E-state index contributed by atoms with van der Waals surface area (Å²) in [4.78, 5) is 15.9. The Bertz CT molecular complexity index is 393. The van der Waals surface area contributed by atoms with Crippen molar-refractivity contribution >= 4 is 22.5 Å². The normalized spacial score (nSPS) is 12.5. The highest BCUT2D eigenvalue weighted by atomic mass is 32.1. The van der Waals surface area contributed by atoms with Crippen molar-refractivity contribution in [3.8, 4) is 0 Å². The maximum atomic E-state index is 11.6. The van der Waals surface area contributed by atoms with E-state index in [0.29, 0.717) is 17.5 Å². The highest BCUT2D eigenvalue weighted by Crippen LogP contribution is 2.16. The zero-order valence-electron chi connectivity index (χ0n) is 11.8. The maximum Gasteiger partial charge on any atom is 0.321 e. The summed E-state index contributed by atoms with van der Waals surface area (Å²) in [6.07, 6.45) is 2.14. The van der Waals surface area contributed by atoms with Crippen LogP contribution in [-0.2, 0) is 6.42 Å². The van der Waals surface area contributed by atoms with Gasteiger partial charge in [0.2, 0.25) is 0 Å². The van der Waals surface area contributed by atoms with E-state index < -0.39 is 6.10 Å². The molecule has 0 aliphatic heterocycles. The third-order valence-corrected chi connectivity index (χ3v) is 3.33. The molecule has 0 aromatic carbocycles. The summed E-state index contributed by atoms with van der Waals surface area (Å²) in [5, 5.41) is 17.5. The van der Waals surface area contributed by atoms with E-state index in [-0.39, 0.29) is 12.6 Å². The second-order valence-electron chi connectivity index (χ2n) is 5.01. The molecule has 1 atom stereocenters. The zero-order valence-corrected chi connectivity index (χ0v) is 12.6. The summed E-state index contributed by atoms with van der Waals surface area (Å²) in [7, 11) is 0. The molecule has 19 heavy (non-hydrogen) atoms. The largest absolute Gasteiger partial charge is 0.391 e. The number of hydrogen-bond acceptors (Lipinski definition) is 4. The van der Waals surface area contributed by atoms with Crippen LogP contribution < -0.4 is 10.6 Å². The van der Waals surface area contributed by atoms with Crippen LogP contribution in [0, 0.1) is 5.92 Å². The predicted octanol–water partition coefficient (Wildman–Crippen LogP) is 2.62. The number of aliphatic hydroxyl groups is 1. The van der Waals surface area contributed by atoms with E-state index in [0.717, 1.165) is 18.5 Å². The lowest BCUT2D eigenvalue weighted by molar-refractivity contribution is 0.148. The first kappa shape index (κ1) is 15.9. The van der Waals surface area contributed by atoms with Crippen molar-refractivity contribution in [3.05, 3.63) is 11.1 Å². The molecule has 108 valence electrons. The third kappa shape index (κ3) is 6.54. The quantitative estimate of drug-likeness (QED) is 0.721. The van der Waals surface area contributed by atoms with Crippen LogP contribution in [0.3, 0.4) is 0 Å². The number of aryl methyl sites for hydroxylation is 1. The van der Waals surface area contributed by atoms with Crippen LogP contribution in [0.5, 0.6) is 0 Å². The number of aliphatic hydroxyl groups excluding tert-OH is 1. The Morgan fingerprint density at radius 1 is 1.53 bits per heavy atom. The molecule has 0 saturated heterocycles. The molecule has 0 bridgehead atoms. The van der Waals surface area contributed by atoms with E-state index in [1.807, 2.05) is 19.2 Å². The number of carbonyl (C=O) groups excluding carboxylic acids is 1. The average Bonchev–Trinajstić information content (AvgIpc) is 2.73. The minimum absolute atomic E-state index is 0.261. The summed E-state index contributed by atoms with van der Waals surface area (Å²) in [6.45, 7) is 6.43. The maximum absolute atomic E-state index is 11.6. The molecule has 1 heterocycles. The van der Waals surface area contributed by atoms with Gasteiger partial charge in [-0.1, -0.05) is 27.2 Å². The van der Waals surface area contributed by atoms with Gasteiger partial charge in [-0.2, -0.15) is 0 Å². The highest BCUT2D eigenvalue weighted by Gasteiger charge is 2.10. The highest BCUT2D eigenvalue weighted by molar-refractivity contribution is 7.13. The molecular formula is C13H23N3O2S. The topological polar surface area (TPSA) is 74.2 Å². The molecule has 2 amide bonds. The first-order valence-corrected chi connectivity index (χ1v) is 7.56. The van der Waals surface area contributed by atoms with Gasteiger partial charge in [-0.15, -0.1) is 11.3 Å². The molecule has 3 N–H and O–H groups in total. The summed E-state index contributed by atoms with van der Waals surface area (Å²) in [5.74, 6) is 0.412. The Balaban J connectivity index is 2.30. The molecular weight excluding hydrogens is 262 g/mol. The first-order chi connectivity index (χ1) is 9.01. The fourth-order valence-corrected chi connectivity index (χ4v) is 2.45. The van der Waals surface area contributed by atoms with Crippen molar-refractivity contribution in [2.24, 2.45) is 5.92 Å². The lowest BCUT2D eigenvalue weighted by atomic mass is 10.1. The molecule has 6 heteroatoms. The SMILES string of the molecule is CCCc1csc(NC(=O)NCC(O)CC(C)C)n1. The summed E-state index contributed by atoms with van der Waals surface area (Å²) in [6, 6.07) is -0.319. The van der Waals surface area contributed by atoms with Crippen molar-refractivity contribution in [1.29, 1.82) is 0 Å². The fraction of sp³-hybridized carbons (Fsp3) is 0.692. The smallest absolute Gasteiger partial charge is 0.321 e. The lowest BCUT2D eigenvalue weighted by Gasteiger charge is -2.13. The van der Waals surface area contributed by atoms with Crippen LogP contribution in [0.1, 0.15) is 39.3 Å². The molecule has 0 radical (unpaired) electrons. The van der Waals surface area contributed by atoms with Gasteiger partial charge in [0.1, 0.15) is 0 Å². The minimum atomic E-state index is -0.502. The Hall–Kier alpha value is -1.14. The number of hydrogen-bond donors (Lipinski definition) is 3. The number of thiazole rings is 1. The number of amides is 2. The van der Waals surface area contributed by atoms with Crippen LogP contribution in [0.4, 0.5) is 9.93 Å². The molecule has 0 saturated carbocycles. The molecule has 1 unspecified atom stereocenters. The van der Waals surface area contributed by atoms with E-state index >= 15 is 0 Å². The van der Waals surface area contributed by atoms with Gasteiger partial charge in [0.05, 0.1) is 11.8 Å². The minimum Gasteiger partial charge on any atom is -0.391 e. The van der Waals surface area contributed by atoms with Crippen LogP contribution >= 0.6 is 11.3 Å². The fourth-order valence-electron chi connectivity index (χ4n) is 1.71. The third-order valence-electron chi connectivity index (χ3n) is 2.52. The molecule has 1 rings (SSSR count). The first-order valence-electron chi connectivity index (χ1n) is 6.68. The number of nitrogens with one attached hydrogen (secondary N) is 2. The number of aromatic nitrogens is 1. The van der Waals surface area contributed by atoms with Crippen molar-refractivity contribution in [2.45, 2.75) is 46.1 Å². The number of carbonyl (C=O) groups is 1. The molecule has 0 aliphatic carbocycles. The van der Waals surface area contributed by atoms with Crippen molar-refractivity contribution in [3.63, 3.8) is 0 Å². The Morgan fingerprint density at radius 2 is 2.26 bits per heavy atom. The average molecular weight is 285 g/mol. The zero-order chi connectivity index (χ0) is 14.3. The van der Waals surface area contributed by atoms with E-state index in [4.69, 9.17) is 0 Å². The number of rotatable bonds is 7. The van der Waals surface area contributed by atoms with E-state index in [1.54, 1.807) is 0 Å². The van der Waals surface area contributed by atoms with Gasteiger partial charge < -0.3 is 10.4 Å². The second kappa shape index (κ2) is 8.12. The van der Waals surface area contributed by atoms with E-state index in [1.165, 1.54) is 11.3 Å². The molecule has 5 nitrogen and oxygen atoms in total. The van der Waals surface area contributed by atoms with Crippen molar-refractivity contribution in [1.82, 2.24) is 10.3 Å². The van der Waals surface area contributed by atoms with E-state index in [2.05, 4.69) is 22.5 Å². The number of anilines is 1. The predicted molar refractivity (Wildman–Crippen MR) is 78.6 cm³/mol. The summed E-state index contributed by atoms with van der Waals surface area (Å²) < 4.78 is 0.